The number of hydrogen-bond acceptors (Lipinski definition) is 6. The van der Waals surface area contributed by atoms with Crippen LogP contribution in [-0.4, -0.2) is 63.4 Å². The van der Waals surface area contributed by atoms with E-state index in [9.17, 15) is 24.6 Å². The van der Waals surface area contributed by atoms with Gasteiger partial charge in [-0.15, -0.1) is 0 Å². The van der Waals surface area contributed by atoms with Crippen molar-refractivity contribution in [3.63, 3.8) is 0 Å². The maximum atomic E-state index is 11.4. The molecule has 116 valence electrons. The third-order valence-corrected chi connectivity index (χ3v) is 2.87. The summed E-state index contributed by atoms with van der Waals surface area (Å²) in [5.74, 6) is -3.13. The predicted octanol–water partition coefficient (Wildman–Crippen LogP) is -1.87. The van der Waals surface area contributed by atoms with Crippen LogP contribution in [0.1, 0.15) is 20.3 Å². The Kier molecular flexibility index (Phi) is 7.97. The van der Waals surface area contributed by atoms with Gasteiger partial charge in [-0.1, -0.05) is 13.8 Å². The van der Waals surface area contributed by atoms with E-state index in [0.29, 0.717) is 6.29 Å². The van der Waals surface area contributed by atoms with E-state index in [1.807, 2.05) is 0 Å². The quantitative estimate of drug-likeness (QED) is 0.313. The normalized spacial score (nSPS) is 18.4. The van der Waals surface area contributed by atoms with Crippen LogP contribution in [0.5, 0.6) is 0 Å². The number of carboxylic acids is 1. The number of aliphatic hydroxyl groups is 3. The summed E-state index contributed by atoms with van der Waals surface area (Å²) in [4.78, 5) is 32.2. The summed E-state index contributed by atoms with van der Waals surface area (Å²) in [6, 6.07) is 0. The third-order valence-electron chi connectivity index (χ3n) is 2.87. The van der Waals surface area contributed by atoms with Gasteiger partial charge in [0.05, 0.1) is 6.10 Å². The van der Waals surface area contributed by atoms with E-state index in [0.717, 1.165) is 0 Å². The van der Waals surface area contributed by atoms with Crippen LogP contribution in [0.15, 0.2) is 0 Å². The molecule has 1 amide bonds. The third kappa shape index (κ3) is 6.09. The molecule has 5 N–H and O–H groups in total. The average Bonchev–Trinajstić information content (AvgIpc) is 2.41. The lowest BCUT2D eigenvalue weighted by atomic mass is 9.96. The minimum atomic E-state index is -2.10. The van der Waals surface area contributed by atoms with Gasteiger partial charge in [-0.2, -0.15) is 0 Å². The molecule has 0 saturated heterocycles. The number of amides is 1. The maximum Gasteiger partial charge on any atom is 0.335 e. The lowest BCUT2D eigenvalue weighted by Crippen LogP contribution is -2.47. The Morgan fingerprint density at radius 1 is 1.15 bits per heavy atom. The van der Waals surface area contributed by atoms with Gasteiger partial charge >= 0.3 is 5.97 Å². The van der Waals surface area contributed by atoms with Gasteiger partial charge in [0.25, 0.3) is 0 Å². The highest BCUT2D eigenvalue weighted by atomic mass is 16.4. The van der Waals surface area contributed by atoms with E-state index in [1.165, 1.54) is 6.92 Å². The van der Waals surface area contributed by atoms with Crippen LogP contribution in [0.4, 0.5) is 0 Å². The van der Waals surface area contributed by atoms with E-state index in [1.54, 1.807) is 6.92 Å². The summed E-state index contributed by atoms with van der Waals surface area (Å²) in [5.41, 5.74) is 0. The fourth-order valence-corrected chi connectivity index (χ4v) is 1.48. The number of carboxylic acid groups (broad SMARTS) is 1. The zero-order valence-electron chi connectivity index (χ0n) is 11.4. The van der Waals surface area contributed by atoms with Crippen LogP contribution in [0.2, 0.25) is 0 Å². The average molecular weight is 291 g/mol. The SMILES string of the molecule is C[C@H](C=O)CC(=O)NC[C@H](C)[C@@H](O)[C@H](O)[C@H](O)C(=O)O. The summed E-state index contributed by atoms with van der Waals surface area (Å²) in [6.45, 7) is 3.04. The van der Waals surface area contributed by atoms with Gasteiger partial charge in [0.15, 0.2) is 6.10 Å². The van der Waals surface area contributed by atoms with E-state index < -0.39 is 42.0 Å². The van der Waals surface area contributed by atoms with E-state index >= 15 is 0 Å². The predicted molar refractivity (Wildman–Crippen MR) is 67.7 cm³/mol. The van der Waals surface area contributed by atoms with Crippen LogP contribution in [0, 0.1) is 11.8 Å². The lowest BCUT2D eigenvalue weighted by Gasteiger charge is -2.25. The number of aliphatic hydroxyl groups excluding tert-OH is 3. The summed E-state index contributed by atoms with van der Waals surface area (Å²) < 4.78 is 0. The Morgan fingerprint density at radius 2 is 1.70 bits per heavy atom. The molecule has 8 heteroatoms. The van der Waals surface area contributed by atoms with E-state index in [4.69, 9.17) is 10.2 Å². The molecule has 0 rings (SSSR count). The van der Waals surface area contributed by atoms with E-state index in [-0.39, 0.29) is 13.0 Å². The first-order valence-corrected chi connectivity index (χ1v) is 6.19. The summed E-state index contributed by atoms with van der Waals surface area (Å²) >= 11 is 0. The largest absolute Gasteiger partial charge is 0.479 e. The highest BCUT2D eigenvalue weighted by Gasteiger charge is 2.33. The Hall–Kier alpha value is -1.51. The Bertz CT molecular complexity index is 347. The van der Waals surface area contributed by atoms with Crippen LogP contribution in [0.3, 0.4) is 0 Å². The lowest BCUT2D eigenvalue weighted by molar-refractivity contribution is -0.160. The van der Waals surface area contributed by atoms with Crippen molar-refractivity contribution in [2.24, 2.45) is 11.8 Å². The molecule has 0 fully saturated rings. The molecule has 0 heterocycles. The zero-order chi connectivity index (χ0) is 15.9. The summed E-state index contributed by atoms with van der Waals surface area (Å²) in [6.07, 6.45) is -4.81. The van der Waals surface area contributed by atoms with Crippen LogP contribution < -0.4 is 5.32 Å². The molecule has 0 aliphatic heterocycles. The first-order valence-electron chi connectivity index (χ1n) is 6.19. The number of carbonyl (C=O) groups excluding carboxylic acids is 2. The highest BCUT2D eigenvalue weighted by Crippen LogP contribution is 2.10. The molecule has 0 aromatic carbocycles. The van der Waals surface area contributed by atoms with Gasteiger partial charge in [0.2, 0.25) is 5.91 Å². The van der Waals surface area contributed by atoms with Crippen molar-refractivity contribution < 1.29 is 34.8 Å². The molecule has 0 bridgehead atoms. The smallest absolute Gasteiger partial charge is 0.335 e. The molecule has 0 aliphatic rings. The molecule has 8 nitrogen and oxygen atoms in total. The zero-order valence-corrected chi connectivity index (χ0v) is 11.4. The van der Waals surface area contributed by atoms with Crippen LogP contribution >= 0.6 is 0 Å². The molecule has 0 aromatic rings. The molecule has 20 heavy (non-hydrogen) atoms. The second-order valence-electron chi connectivity index (χ2n) is 4.86. The van der Waals surface area contributed by atoms with Crippen LogP contribution in [-0.2, 0) is 14.4 Å². The monoisotopic (exact) mass is 291 g/mol. The Balaban J connectivity index is 4.26. The Labute approximate surface area is 116 Å². The first kappa shape index (κ1) is 18.5. The molecular formula is C12H21NO7. The van der Waals surface area contributed by atoms with Gasteiger partial charge in [0.1, 0.15) is 12.4 Å². The number of carbonyl (C=O) groups is 3. The summed E-state index contributed by atoms with van der Waals surface area (Å²) in [5, 5.41) is 39.2. The number of aliphatic carboxylic acids is 1. The summed E-state index contributed by atoms with van der Waals surface area (Å²) in [7, 11) is 0. The first-order chi connectivity index (χ1) is 9.20. The number of rotatable bonds is 9. The topological polar surface area (TPSA) is 144 Å². The second kappa shape index (κ2) is 8.62. The van der Waals surface area contributed by atoms with Crippen molar-refractivity contribution in [3.05, 3.63) is 0 Å². The van der Waals surface area contributed by atoms with Gasteiger partial charge in [-0.3, -0.25) is 4.79 Å². The highest BCUT2D eigenvalue weighted by molar-refractivity contribution is 5.78. The molecule has 0 radical (unpaired) electrons. The second-order valence-corrected chi connectivity index (χ2v) is 4.86. The maximum absolute atomic E-state index is 11.4. The minimum Gasteiger partial charge on any atom is -0.479 e. The van der Waals surface area contributed by atoms with Gasteiger partial charge in [-0.05, 0) is 0 Å². The van der Waals surface area contributed by atoms with Crippen LogP contribution in [0.25, 0.3) is 0 Å². The standard InChI is InChI=1S/C12H21NO7/c1-6(5-14)3-8(15)13-4-7(2)9(16)10(17)11(18)12(19)20/h5-7,9-11,16-18H,3-4H2,1-2H3,(H,13,15)(H,19,20)/t6-,7-,9+,10-,11-/m0/s1. The van der Waals surface area contributed by atoms with Crippen molar-refractivity contribution in [1.82, 2.24) is 5.32 Å². The molecule has 0 unspecified atom stereocenters. The Morgan fingerprint density at radius 3 is 2.15 bits per heavy atom. The van der Waals surface area contributed by atoms with Crippen molar-refractivity contribution in [2.45, 2.75) is 38.6 Å². The fourth-order valence-electron chi connectivity index (χ4n) is 1.48. The number of aldehydes is 1. The van der Waals surface area contributed by atoms with Crippen molar-refractivity contribution in [3.8, 4) is 0 Å². The number of nitrogens with one attached hydrogen (secondary N) is 1. The van der Waals surface area contributed by atoms with Crippen molar-refractivity contribution >= 4 is 18.2 Å². The molecular weight excluding hydrogens is 270 g/mol. The molecule has 0 aliphatic carbocycles. The van der Waals surface area contributed by atoms with Crippen molar-refractivity contribution in [1.29, 1.82) is 0 Å². The molecule has 0 saturated carbocycles. The van der Waals surface area contributed by atoms with Gasteiger partial charge in [0, 0.05) is 24.8 Å². The van der Waals surface area contributed by atoms with Gasteiger partial charge < -0.3 is 30.5 Å². The van der Waals surface area contributed by atoms with Crippen molar-refractivity contribution in [2.75, 3.05) is 6.54 Å². The minimum absolute atomic E-state index is 0.00657. The molecule has 0 spiro atoms. The van der Waals surface area contributed by atoms with Gasteiger partial charge in [-0.25, -0.2) is 4.79 Å². The number of hydrogen-bond donors (Lipinski definition) is 5. The molecule has 5 atom stereocenters. The molecule has 0 aromatic heterocycles. The van der Waals surface area contributed by atoms with E-state index in [2.05, 4.69) is 5.32 Å². The fraction of sp³-hybridized carbons (Fsp3) is 0.750.